The van der Waals surface area contributed by atoms with Crippen LogP contribution in [0.25, 0.3) is 0 Å². The van der Waals surface area contributed by atoms with Crippen molar-refractivity contribution < 1.29 is 9.47 Å². The summed E-state index contributed by atoms with van der Waals surface area (Å²) in [4.78, 5) is 0. The minimum Gasteiger partial charge on any atom is -0.497 e. The molecule has 0 radical (unpaired) electrons. The van der Waals surface area contributed by atoms with E-state index in [-0.39, 0.29) is 6.04 Å². The highest BCUT2D eigenvalue weighted by molar-refractivity contribution is 6.31. The Balaban J connectivity index is 2.23. The van der Waals surface area contributed by atoms with Crippen LogP contribution < -0.4 is 10.1 Å². The van der Waals surface area contributed by atoms with Crippen LogP contribution in [0.3, 0.4) is 0 Å². The monoisotopic (exact) mass is 283 g/mol. The molecule has 1 N–H and O–H groups in total. The Labute approximate surface area is 120 Å². The second kappa shape index (κ2) is 6.60. The number of rotatable bonds is 5. The van der Waals surface area contributed by atoms with E-state index in [0.29, 0.717) is 12.0 Å². The topological polar surface area (TPSA) is 30.5 Å². The fraction of sp³-hybridized carbons (Fsp3) is 0.600. The van der Waals surface area contributed by atoms with Crippen LogP contribution in [0.1, 0.15) is 31.9 Å². The van der Waals surface area contributed by atoms with Gasteiger partial charge in [0, 0.05) is 17.0 Å². The molecule has 0 aliphatic carbocycles. The maximum atomic E-state index is 6.39. The van der Waals surface area contributed by atoms with E-state index in [9.17, 15) is 0 Å². The van der Waals surface area contributed by atoms with Crippen molar-refractivity contribution in [2.24, 2.45) is 5.92 Å². The van der Waals surface area contributed by atoms with Gasteiger partial charge in [0.2, 0.25) is 0 Å². The molecule has 106 valence electrons. The van der Waals surface area contributed by atoms with E-state index in [1.54, 1.807) is 7.11 Å². The van der Waals surface area contributed by atoms with Gasteiger partial charge in [0.05, 0.1) is 19.8 Å². The molecule has 19 heavy (non-hydrogen) atoms. The molecule has 1 aliphatic heterocycles. The number of hydrogen-bond donors (Lipinski definition) is 1. The van der Waals surface area contributed by atoms with Gasteiger partial charge >= 0.3 is 0 Å². The first-order chi connectivity index (χ1) is 9.15. The zero-order valence-corrected chi connectivity index (χ0v) is 12.5. The highest BCUT2D eigenvalue weighted by atomic mass is 35.5. The summed E-state index contributed by atoms with van der Waals surface area (Å²) in [7, 11) is 1.65. The fourth-order valence-corrected chi connectivity index (χ4v) is 3.01. The van der Waals surface area contributed by atoms with Crippen molar-refractivity contribution in [1.82, 2.24) is 5.32 Å². The molecular weight excluding hydrogens is 262 g/mol. The van der Waals surface area contributed by atoms with E-state index in [1.807, 2.05) is 12.1 Å². The van der Waals surface area contributed by atoms with E-state index in [4.69, 9.17) is 21.1 Å². The zero-order chi connectivity index (χ0) is 13.8. The van der Waals surface area contributed by atoms with Gasteiger partial charge in [-0.15, -0.1) is 0 Å². The van der Waals surface area contributed by atoms with Crippen LogP contribution in [0.2, 0.25) is 5.02 Å². The minimum absolute atomic E-state index is 0.244. The highest BCUT2D eigenvalue weighted by Crippen LogP contribution is 2.36. The molecule has 0 aromatic heterocycles. The summed E-state index contributed by atoms with van der Waals surface area (Å²) in [5, 5.41) is 4.29. The predicted molar refractivity (Wildman–Crippen MR) is 77.9 cm³/mol. The maximum absolute atomic E-state index is 6.39. The Morgan fingerprint density at radius 1 is 1.53 bits per heavy atom. The lowest BCUT2D eigenvalue weighted by atomic mass is 9.91. The number of methoxy groups -OCH3 is 1. The number of ether oxygens (including phenoxy) is 2. The van der Waals surface area contributed by atoms with Gasteiger partial charge in [-0.2, -0.15) is 0 Å². The van der Waals surface area contributed by atoms with Crippen LogP contribution in [0.15, 0.2) is 18.2 Å². The highest BCUT2D eigenvalue weighted by Gasteiger charge is 2.31. The van der Waals surface area contributed by atoms with Crippen LogP contribution in [-0.2, 0) is 4.74 Å². The van der Waals surface area contributed by atoms with Crippen molar-refractivity contribution in [3.8, 4) is 5.75 Å². The van der Waals surface area contributed by atoms with Crippen LogP contribution in [-0.4, -0.2) is 26.4 Å². The number of halogens is 1. The molecule has 1 aliphatic rings. The first kappa shape index (κ1) is 14.6. The first-order valence-electron chi connectivity index (χ1n) is 6.84. The molecule has 1 aromatic carbocycles. The van der Waals surface area contributed by atoms with E-state index in [0.717, 1.165) is 35.9 Å². The summed E-state index contributed by atoms with van der Waals surface area (Å²) in [6, 6.07) is 6.14. The van der Waals surface area contributed by atoms with Gasteiger partial charge in [-0.05, 0) is 37.6 Å². The lowest BCUT2D eigenvalue weighted by Gasteiger charge is -2.25. The van der Waals surface area contributed by atoms with Gasteiger partial charge in [-0.25, -0.2) is 0 Å². The van der Waals surface area contributed by atoms with Gasteiger partial charge in [-0.3, -0.25) is 0 Å². The number of hydrogen-bond acceptors (Lipinski definition) is 3. The van der Waals surface area contributed by atoms with Crippen LogP contribution in [0, 0.1) is 5.92 Å². The van der Waals surface area contributed by atoms with Crippen molar-refractivity contribution in [3.05, 3.63) is 28.8 Å². The average molecular weight is 284 g/mol. The normalized spacial score (nSPS) is 24.4. The second-order valence-corrected chi connectivity index (χ2v) is 5.47. The number of benzene rings is 1. The molecule has 1 saturated heterocycles. The molecule has 2 rings (SSSR count). The van der Waals surface area contributed by atoms with Crippen LogP contribution >= 0.6 is 11.6 Å². The Morgan fingerprint density at radius 3 is 2.84 bits per heavy atom. The average Bonchev–Trinajstić information content (AvgIpc) is 2.83. The summed E-state index contributed by atoms with van der Waals surface area (Å²) in [5.41, 5.74) is 1.13. The third-order valence-corrected chi connectivity index (χ3v) is 3.99. The molecule has 4 heteroatoms. The van der Waals surface area contributed by atoms with E-state index in [2.05, 4.69) is 25.2 Å². The van der Waals surface area contributed by atoms with E-state index < -0.39 is 0 Å². The second-order valence-electron chi connectivity index (χ2n) is 5.06. The lowest BCUT2D eigenvalue weighted by molar-refractivity contribution is 0.117. The third kappa shape index (κ3) is 3.41. The van der Waals surface area contributed by atoms with Crippen LogP contribution in [0.4, 0.5) is 0 Å². The van der Waals surface area contributed by atoms with Gasteiger partial charge in [0.1, 0.15) is 5.75 Å². The van der Waals surface area contributed by atoms with Gasteiger partial charge in [0.25, 0.3) is 0 Å². The summed E-state index contributed by atoms with van der Waals surface area (Å²) in [6.45, 7) is 5.95. The predicted octanol–water partition coefficient (Wildman–Crippen LogP) is 3.42. The Morgan fingerprint density at radius 2 is 2.32 bits per heavy atom. The molecule has 3 atom stereocenters. The third-order valence-electron chi connectivity index (χ3n) is 3.67. The summed E-state index contributed by atoms with van der Waals surface area (Å²) in [6.07, 6.45) is 1.41. The molecule has 3 nitrogen and oxygen atoms in total. The summed E-state index contributed by atoms with van der Waals surface area (Å²) < 4.78 is 10.9. The molecule has 0 amide bonds. The van der Waals surface area contributed by atoms with Gasteiger partial charge in [0.15, 0.2) is 0 Å². The van der Waals surface area contributed by atoms with Crippen molar-refractivity contribution in [2.75, 3.05) is 20.3 Å². The Kier molecular flexibility index (Phi) is 5.08. The van der Waals surface area contributed by atoms with E-state index in [1.165, 1.54) is 0 Å². The van der Waals surface area contributed by atoms with Gasteiger partial charge < -0.3 is 14.8 Å². The fourth-order valence-electron chi connectivity index (χ4n) is 2.72. The number of nitrogens with one attached hydrogen (secondary N) is 1. The molecule has 1 fully saturated rings. The zero-order valence-electron chi connectivity index (χ0n) is 11.8. The van der Waals surface area contributed by atoms with Crippen molar-refractivity contribution in [1.29, 1.82) is 0 Å². The molecule has 3 unspecified atom stereocenters. The largest absolute Gasteiger partial charge is 0.497 e. The van der Waals surface area contributed by atoms with Crippen molar-refractivity contribution >= 4 is 11.6 Å². The SMILES string of the molecule is CCNC(c1ccc(OC)cc1Cl)C1COC(C)C1. The Bertz CT molecular complexity index is 425. The maximum Gasteiger partial charge on any atom is 0.120 e. The quantitative estimate of drug-likeness (QED) is 0.898. The van der Waals surface area contributed by atoms with Crippen molar-refractivity contribution in [3.63, 3.8) is 0 Å². The first-order valence-corrected chi connectivity index (χ1v) is 7.22. The van der Waals surface area contributed by atoms with E-state index >= 15 is 0 Å². The molecule has 0 spiro atoms. The van der Waals surface area contributed by atoms with Crippen LogP contribution in [0.5, 0.6) is 5.75 Å². The summed E-state index contributed by atoms with van der Waals surface area (Å²) >= 11 is 6.39. The summed E-state index contributed by atoms with van der Waals surface area (Å²) in [5.74, 6) is 1.26. The molecule has 1 heterocycles. The molecular formula is C15H22ClNO2. The molecule has 0 bridgehead atoms. The molecule has 1 aromatic rings. The van der Waals surface area contributed by atoms with Crippen molar-refractivity contribution in [2.45, 2.75) is 32.4 Å². The smallest absolute Gasteiger partial charge is 0.120 e. The lowest BCUT2D eigenvalue weighted by Crippen LogP contribution is -2.29. The molecule has 0 saturated carbocycles. The van der Waals surface area contributed by atoms with Gasteiger partial charge in [-0.1, -0.05) is 24.6 Å². The standard InChI is InChI=1S/C15H22ClNO2/c1-4-17-15(11-7-10(2)19-9-11)13-6-5-12(18-3)8-14(13)16/h5-6,8,10-11,15,17H,4,7,9H2,1-3H3. The minimum atomic E-state index is 0.244. The Hall–Kier alpha value is -0.770.